The topological polar surface area (TPSA) is 115 Å². The first kappa shape index (κ1) is 34.7. The van der Waals surface area contributed by atoms with Gasteiger partial charge in [0.2, 0.25) is 0 Å². The number of non-ortho nitro benzene ring substituents is 1. The van der Waals surface area contributed by atoms with Gasteiger partial charge in [-0.3, -0.25) is 25.0 Å². The van der Waals surface area contributed by atoms with Crippen LogP contribution in [0.25, 0.3) is 0 Å². The van der Waals surface area contributed by atoms with Crippen molar-refractivity contribution in [3.8, 4) is 0 Å². The lowest BCUT2D eigenvalue weighted by atomic mass is 9.89. The molecule has 0 aliphatic carbocycles. The van der Waals surface area contributed by atoms with E-state index in [-0.39, 0.29) is 18.2 Å². The summed E-state index contributed by atoms with van der Waals surface area (Å²) < 4.78 is 216. The zero-order valence-electron chi connectivity index (χ0n) is 17.6. The third-order valence-electron chi connectivity index (χ3n) is 4.64. The highest BCUT2D eigenvalue weighted by molar-refractivity contribution is 6.22. The molecular formula is C15H4ClF16N3O5. The van der Waals surface area contributed by atoms with Gasteiger partial charge in [0.15, 0.2) is 0 Å². The van der Waals surface area contributed by atoms with Crippen molar-refractivity contribution in [2.24, 2.45) is 0 Å². The number of nitro benzene ring substituents is 2. The summed E-state index contributed by atoms with van der Waals surface area (Å²) in [6.45, 7) is 0. The number of hydrogen-bond donors (Lipinski definition) is 1. The van der Waals surface area contributed by atoms with Crippen molar-refractivity contribution >= 4 is 34.6 Å². The van der Waals surface area contributed by atoms with Gasteiger partial charge in [-0.1, -0.05) is 0 Å². The molecule has 25 heteroatoms. The van der Waals surface area contributed by atoms with Crippen LogP contribution in [0.15, 0.2) is 18.2 Å². The summed E-state index contributed by atoms with van der Waals surface area (Å²) in [7, 11) is 0. The standard InChI is InChI=1S/C15H4ClF16N3O5/c16-15(31,32)14(29,30)13(27,28)12(25,26)11(23,24)10(21,22)9(19,20)8(17,18)7(36)33-5-2-1-4(34(37)38)3-6(5)35(39)40/h1-3H,(H,33,36). The molecule has 0 fully saturated rings. The third-order valence-corrected chi connectivity index (χ3v) is 4.88. The molecule has 0 heterocycles. The van der Waals surface area contributed by atoms with E-state index >= 15 is 0 Å². The van der Waals surface area contributed by atoms with E-state index in [1.54, 1.807) is 0 Å². The largest absolute Gasteiger partial charge is 0.393 e. The molecule has 0 bridgehead atoms. The number of anilines is 1. The SMILES string of the molecule is O=C(Nc1ccc([N+](=O)[O-])cc1[N+](=O)[O-])C(F)(F)C(F)(F)C(F)(F)C(F)(F)C(F)(F)C(F)(F)C(F)(F)C(F)(F)Cl. The summed E-state index contributed by atoms with van der Waals surface area (Å²) >= 11 is 3.39. The number of carbonyl (C=O) groups excluding carboxylic acids is 1. The van der Waals surface area contributed by atoms with Crippen molar-refractivity contribution in [2.45, 2.75) is 46.8 Å². The monoisotopic (exact) mass is 645 g/mol. The highest BCUT2D eigenvalue weighted by atomic mass is 35.5. The molecule has 0 aromatic heterocycles. The molecule has 0 radical (unpaired) electrons. The molecule has 1 rings (SSSR count). The van der Waals surface area contributed by atoms with Crippen LogP contribution < -0.4 is 5.32 Å². The maximum Gasteiger partial charge on any atom is 0.393 e. The Hall–Kier alpha value is -3.34. The summed E-state index contributed by atoms with van der Waals surface area (Å²) in [6.07, 6.45) is 0. The minimum absolute atomic E-state index is 0.0712. The molecule has 0 aliphatic heterocycles. The molecule has 0 saturated heterocycles. The lowest BCUT2D eigenvalue weighted by Crippen LogP contribution is -2.75. The Kier molecular flexibility index (Phi) is 8.36. The predicted molar refractivity (Wildman–Crippen MR) is 93.8 cm³/mol. The first-order chi connectivity index (χ1) is 17.4. The molecule has 228 valence electrons. The van der Waals surface area contributed by atoms with Crippen LogP contribution in [0, 0.1) is 20.2 Å². The smallest absolute Gasteiger partial charge is 0.315 e. The summed E-state index contributed by atoms with van der Waals surface area (Å²) in [5.74, 6) is -62.5. The second-order valence-corrected chi connectivity index (χ2v) is 7.66. The average Bonchev–Trinajstić information content (AvgIpc) is 2.77. The average molecular weight is 646 g/mol. The molecule has 1 N–H and O–H groups in total. The normalized spacial score (nSPS) is 14.6. The van der Waals surface area contributed by atoms with Crippen LogP contribution in [0.1, 0.15) is 0 Å². The molecule has 0 aliphatic rings. The quantitative estimate of drug-likeness (QED) is 0.124. The van der Waals surface area contributed by atoms with Crippen molar-refractivity contribution in [2.75, 3.05) is 5.32 Å². The van der Waals surface area contributed by atoms with Crippen molar-refractivity contribution in [3.05, 3.63) is 38.4 Å². The van der Waals surface area contributed by atoms with Crippen molar-refractivity contribution < 1.29 is 84.9 Å². The molecule has 1 aromatic rings. The Balaban J connectivity index is 3.66. The fraction of sp³-hybridized carbons (Fsp3) is 0.533. The first-order valence-electron chi connectivity index (χ1n) is 8.83. The summed E-state index contributed by atoms with van der Waals surface area (Å²) in [4.78, 5) is 29.9. The van der Waals surface area contributed by atoms with Crippen molar-refractivity contribution in [1.29, 1.82) is 0 Å². The predicted octanol–water partition coefficient (Wildman–Crippen LogP) is 6.72. The Morgan fingerprint density at radius 1 is 0.650 bits per heavy atom. The maximum absolute atomic E-state index is 14.0. The number of hydrogen-bond acceptors (Lipinski definition) is 5. The van der Waals surface area contributed by atoms with Gasteiger partial charge in [-0.05, 0) is 17.7 Å². The van der Waals surface area contributed by atoms with Gasteiger partial charge in [-0.2, -0.15) is 70.2 Å². The number of nitrogens with zero attached hydrogens (tertiary/aromatic N) is 2. The summed E-state index contributed by atoms with van der Waals surface area (Å²) in [5, 5.41) is 14.9. The second-order valence-electron chi connectivity index (χ2n) is 7.19. The van der Waals surface area contributed by atoms with Crippen molar-refractivity contribution in [3.63, 3.8) is 0 Å². The minimum atomic E-state index is -8.82. The summed E-state index contributed by atoms with van der Waals surface area (Å²) in [6, 6.07) is -0.0838. The van der Waals surface area contributed by atoms with Gasteiger partial charge >= 0.3 is 52.7 Å². The van der Waals surface area contributed by atoms with Gasteiger partial charge in [0.1, 0.15) is 5.69 Å². The lowest BCUT2D eigenvalue weighted by Gasteiger charge is -2.42. The number of halogens is 17. The van der Waals surface area contributed by atoms with E-state index in [0.717, 1.165) is 0 Å². The van der Waals surface area contributed by atoms with Crippen LogP contribution in [-0.2, 0) is 4.79 Å². The molecule has 1 amide bonds. The van der Waals surface area contributed by atoms with Crippen LogP contribution in [-0.4, -0.2) is 62.6 Å². The third kappa shape index (κ3) is 4.78. The number of nitro groups is 2. The number of amides is 1. The van der Waals surface area contributed by atoms with E-state index in [1.807, 2.05) is 0 Å². The van der Waals surface area contributed by atoms with E-state index in [2.05, 4.69) is 11.6 Å². The number of alkyl halides is 17. The van der Waals surface area contributed by atoms with Gasteiger partial charge in [0.05, 0.1) is 15.9 Å². The number of benzene rings is 1. The van der Waals surface area contributed by atoms with Gasteiger partial charge < -0.3 is 5.32 Å². The zero-order valence-corrected chi connectivity index (χ0v) is 18.3. The molecule has 8 nitrogen and oxygen atoms in total. The van der Waals surface area contributed by atoms with Crippen LogP contribution in [0.4, 0.5) is 87.3 Å². The van der Waals surface area contributed by atoms with Crippen molar-refractivity contribution in [1.82, 2.24) is 0 Å². The van der Waals surface area contributed by atoms with Crippen LogP contribution >= 0.6 is 11.6 Å². The Bertz CT molecular complexity index is 1200. The van der Waals surface area contributed by atoms with Gasteiger partial charge in [0.25, 0.3) is 11.4 Å². The molecular weight excluding hydrogens is 642 g/mol. The highest BCUT2D eigenvalue weighted by Crippen LogP contribution is 2.64. The minimum Gasteiger partial charge on any atom is -0.315 e. The van der Waals surface area contributed by atoms with E-state index in [9.17, 15) is 95.3 Å². The first-order valence-corrected chi connectivity index (χ1v) is 9.21. The molecule has 1 aromatic carbocycles. The zero-order chi connectivity index (χ0) is 32.3. The Morgan fingerprint density at radius 2 is 1.02 bits per heavy atom. The Labute approximate surface area is 211 Å². The molecule has 0 saturated carbocycles. The fourth-order valence-electron chi connectivity index (χ4n) is 2.40. The van der Waals surface area contributed by atoms with Crippen LogP contribution in [0.2, 0.25) is 0 Å². The van der Waals surface area contributed by atoms with E-state index in [1.165, 1.54) is 0 Å². The highest BCUT2D eigenvalue weighted by Gasteiger charge is 2.95. The molecule has 0 atom stereocenters. The fourth-order valence-corrected chi connectivity index (χ4v) is 2.52. The van der Waals surface area contributed by atoms with E-state index in [0.29, 0.717) is 5.32 Å². The van der Waals surface area contributed by atoms with E-state index in [4.69, 9.17) is 0 Å². The number of nitrogens with one attached hydrogen (secondary N) is 1. The molecule has 40 heavy (non-hydrogen) atoms. The molecule has 0 unspecified atom stereocenters. The number of rotatable bonds is 11. The lowest BCUT2D eigenvalue weighted by molar-refractivity contribution is -0.445. The van der Waals surface area contributed by atoms with Crippen LogP contribution in [0.5, 0.6) is 0 Å². The second kappa shape index (κ2) is 9.64. The number of carbonyl (C=O) groups is 1. The maximum atomic E-state index is 14.0. The van der Waals surface area contributed by atoms with Gasteiger partial charge in [-0.25, -0.2) is 0 Å². The Morgan fingerprint density at radius 3 is 1.38 bits per heavy atom. The van der Waals surface area contributed by atoms with E-state index < -0.39 is 79.7 Å². The summed E-state index contributed by atoms with van der Waals surface area (Å²) in [5.41, 5.74) is -4.82. The van der Waals surface area contributed by atoms with Gasteiger partial charge in [-0.15, -0.1) is 0 Å². The van der Waals surface area contributed by atoms with Gasteiger partial charge in [0, 0.05) is 6.07 Å². The molecule has 0 spiro atoms. The van der Waals surface area contributed by atoms with Crippen LogP contribution in [0.3, 0.4) is 0 Å².